The molecule has 1 aromatic heterocycles. The van der Waals surface area contributed by atoms with E-state index in [1.165, 1.54) is 77.7 Å². The van der Waals surface area contributed by atoms with E-state index in [0.29, 0.717) is 17.1 Å². The molecule has 0 fully saturated rings. The van der Waals surface area contributed by atoms with Gasteiger partial charge in [0.2, 0.25) is 11.7 Å². The number of halogens is 2. The van der Waals surface area contributed by atoms with Crippen molar-refractivity contribution in [1.82, 2.24) is 4.98 Å². The van der Waals surface area contributed by atoms with E-state index >= 15 is 0 Å². The second-order valence-electron chi connectivity index (χ2n) is 8.33. The summed E-state index contributed by atoms with van der Waals surface area (Å²) in [4.78, 5) is 43.1. The Hall–Kier alpha value is -4.84. The third-order valence-corrected chi connectivity index (χ3v) is 6.64. The van der Waals surface area contributed by atoms with Gasteiger partial charge in [0, 0.05) is 16.9 Å². The minimum atomic E-state index is -0.861. The fraction of sp³-hybridized carbons (Fsp3) is 0.111. The van der Waals surface area contributed by atoms with Crippen molar-refractivity contribution in [2.24, 2.45) is 5.73 Å². The van der Waals surface area contributed by atoms with Crippen LogP contribution in [0.25, 0.3) is 0 Å². The first-order valence-electron chi connectivity index (χ1n) is 11.6. The highest BCUT2D eigenvalue weighted by Gasteiger charge is 2.27. The van der Waals surface area contributed by atoms with Gasteiger partial charge in [-0.25, -0.2) is 13.8 Å². The predicted molar refractivity (Wildman–Crippen MR) is 144 cm³/mol. The van der Waals surface area contributed by atoms with Crippen molar-refractivity contribution in [3.63, 3.8) is 0 Å². The number of primary amides is 1. The smallest absolute Gasteiger partial charge is 0.262 e. The molecule has 200 valence electrons. The van der Waals surface area contributed by atoms with Gasteiger partial charge in [0.1, 0.15) is 34.1 Å². The normalized spacial score (nSPS) is 11.5. The fourth-order valence-corrected chi connectivity index (χ4v) is 4.58. The molecule has 1 atom stereocenters. The molecule has 4 rings (SSSR count). The van der Waals surface area contributed by atoms with Crippen molar-refractivity contribution in [2.45, 2.75) is 13.0 Å². The summed E-state index contributed by atoms with van der Waals surface area (Å²) in [5, 5.41) is 2.82. The maximum Gasteiger partial charge on any atom is 0.262 e. The molecule has 3 aromatic carbocycles. The number of nitrogens with one attached hydrogen (secondary N) is 1. The zero-order valence-electron chi connectivity index (χ0n) is 20.6. The van der Waals surface area contributed by atoms with Crippen LogP contribution < -0.4 is 26.4 Å². The maximum atomic E-state index is 13.5. The largest absolute Gasteiger partial charge is 0.484 e. The van der Waals surface area contributed by atoms with Gasteiger partial charge in [0.25, 0.3) is 5.91 Å². The minimum Gasteiger partial charge on any atom is -0.484 e. The Balaban J connectivity index is 1.46. The van der Waals surface area contributed by atoms with Crippen LogP contribution in [-0.4, -0.2) is 35.2 Å². The number of hydrogen-bond donors (Lipinski definition) is 3. The molecule has 1 unspecified atom stereocenters. The monoisotopic (exact) mass is 551 g/mol. The summed E-state index contributed by atoms with van der Waals surface area (Å²) in [6.07, 6.45) is 0. The first kappa shape index (κ1) is 27.2. The van der Waals surface area contributed by atoms with Gasteiger partial charge in [-0.05, 0) is 79.7 Å². The van der Waals surface area contributed by atoms with Crippen LogP contribution in [0.2, 0.25) is 0 Å². The number of nitrogen functional groups attached to an aromatic ring is 1. The van der Waals surface area contributed by atoms with Crippen molar-refractivity contribution < 1.29 is 27.9 Å². The van der Waals surface area contributed by atoms with Gasteiger partial charge in [0.05, 0.1) is 0 Å². The Morgan fingerprint density at radius 1 is 0.974 bits per heavy atom. The molecule has 0 aliphatic carbocycles. The SMILES string of the molecule is CC(C(N)=O)N(c1ccc(F)cc1)c1nc(N)c(C(=O)c2ccc(OCC(=O)Nc3ccc(F)cc3)cc2)s1. The first-order valence-corrected chi connectivity index (χ1v) is 12.4. The molecule has 0 spiro atoms. The first-order chi connectivity index (χ1) is 18.6. The number of nitrogens with two attached hydrogens (primary N) is 2. The summed E-state index contributed by atoms with van der Waals surface area (Å²) >= 11 is 0.967. The average Bonchev–Trinajstić information content (AvgIpc) is 3.30. The number of ether oxygens (including phenoxy) is 1. The highest BCUT2D eigenvalue weighted by molar-refractivity contribution is 7.18. The molecule has 0 aliphatic heterocycles. The highest BCUT2D eigenvalue weighted by Crippen LogP contribution is 2.36. The van der Waals surface area contributed by atoms with Crippen molar-refractivity contribution in [1.29, 1.82) is 0 Å². The highest BCUT2D eigenvalue weighted by atomic mass is 32.1. The predicted octanol–water partition coefficient (Wildman–Crippen LogP) is 4.26. The van der Waals surface area contributed by atoms with Crippen LogP contribution in [0.15, 0.2) is 72.8 Å². The van der Waals surface area contributed by atoms with Crippen molar-refractivity contribution >= 4 is 51.3 Å². The number of hydrogen-bond acceptors (Lipinski definition) is 8. The summed E-state index contributed by atoms with van der Waals surface area (Å²) in [6.45, 7) is 1.26. The standard InChI is InChI=1S/C27H23F2N5O4S/c1-15(26(31)37)34(20-10-6-18(29)7-11-20)27-33-25(30)24(39-27)23(36)16-2-12-21(13-3-16)38-14-22(35)32-19-8-4-17(28)5-9-19/h2-13,15H,14,30H2,1H3,(H2,31,37)(H,32,35). The van der Waals surface area contributed by atoms with Crippen LogP contribution in [0.3, 0.4) is 0 Å². The molecule has 12 heteroatoms. The van der Waals surface area contributed by atoms with Crippen LogP contribution in [-0.2, 0) is 9.59 Å². The molecule has 0 aliphatic rings. The Morgan fingerprint density at radius 3 is 2.15 bits per heavy atom. The number of carbonyl (C=O) groups is 3. The number of benzene rings is 3. The molecular formula is C27H23F2N5O4S. The number of amides is 2. The Bertz CT molecular complexity index is 1490. The van der Waals surface area contributed by atoms with E-state index in [0.717, 1.165) is 11.3 Å². The second-order valence-corrected chi connectivity index (χ2v) is 9.31. The van der Waals surface area contributed by atoms with Crippen molar-refractivity contribution in [3.8, 4) is 5.75 Å². The lowest BCUT2D eigenvalue weighted by Crippen LogP contribution is -2.39. The molecule has 39 heavy (non-hydrogen) atoms. The fourth-order valence-electron chi connectivity index (χ4n) is 3.53. The topological polar surface area (TPSA) is 141 Å². The Kier molecular flexibility index (Phi) is 8.15. The van der Waals surface area contributed by atoms with Gasteiger partial charge < -0.3 is 26.4 Å². The lowest BCUT2D eigenvalue weighted by molar-refractivity contribution is -0.119. The number of ketones is 1. The number of thiazole rings is 1. The summed E-state index contributed by atoms with van der Waals surface area (Å²) in [6, 6.07) is 15.9. The minimum absolute atomic E-state index is 0.0402. The third kappa shape index (κ3) is 6.54. The van der Waals surface area contributed by atoms with Crippen LogP contribution in [0.4, 0.5) is 31.1 Å². The molecule has 1 heterocycles. The maximum absolute atomic E-state index is 13.5. The van der Waals surface area contributed by atoms with Gasteiger partial charge >= 0.3 is 0 Å². The van der Waals surface area contributed by atoms with Gasteiger partial charge in [-0.1, -0.05) is 11.3 Å². The van der Waals surface area contributed by atoms with Crippen LogP contribution in [0.5, 0.6) is 5.75 Å². The van der Waals surface area contributed by atoms with Crippen LogP contribution >= 0.6 is 11.3 Å². The van der Waals surface area contributed by atoms with E-state index in [4.69, 9.17) is 16.2 Å². The average molecular weight is 552 g/mol. The van der Waals surface area contributed by atoms with Gasteiger partial charge in [-0.3, -0.25) is 14.4 Å². The van der Waals surface area contributed by atoms with Crippen molar-refractivity contribution in [2.75, 3.05) is 22.6 Å². The number of carbonyl (C=O) groups excluding carboxylic acids is 3. The number of rotatable bonds is 10. The zero-order chi connectivity index (χ0) is 28.1. The molecular weight excluding hydrogens is 528 g/mol. The van der Waals surface area contributed by atoms with E-state index < -0.39 is 35.3 Å². The Labute approximate surface area is 226 Å². The van der Waals surface area contributed by atoms with Gasteiger partial charge in [-0.15, -0.1) is 0 Å². The molecule has 2 amide bonds. The molecule has 0 saturated heterocycles. The third-order valence-electron chi connectivity index (χ3n) is 5.57. The van der Waals surface area contributed by atoms with E-state index in [9.17, 15) is 23.2 Å². The number of nitrogens with zero attached hydrogens (tertiary/aromatic N) is 2. The molecule has 4 aromatic rings. The second kappa shape index (κ2) is 11.7. The van der Waals surface area contributed by atoms with Crippen molar-refractivity contribution in [3.05, 3.63) is 94.9 Å². The summed E-state index contributed by atoms with van der Waals surface area (Å²) < 4.78 is 31.9. The lowest BCUT2D eigenvalue weighted by Gasteiger charge is -2.26. The van der Waals surface area contributed by atoms with Crippen LogP contribution in [0.1, 0.15) is 22.2 Å². The molecule has 0 radical (unpaired) electrons. The molecule has 5 N–H and O–H groups in total. The molecule has 0 bridgehead atoms. The van der Waals surface area contributed by atoms with E-state index in [1.54, 1.807) is 6.92 Å². The van der Waals surface area contributed by atoms with E-state index in [-0.39, 0.29) is 28.0 Å². The number of aromatic nitrogens is 1. The molecule has 0 saturated carbocycles. The van der Waals surface area contributed by atoms with Gasteiger partial charge in [0.15, 0.2) is 11.7 Å². The lowest BCUT2D eigenvalue weighted by atomic mass is 10.1. The zero-order valence-corrected chi connectivity index (χ0v) is 21.4. The summed E-state index contributed by atoms with van der Waals surface area (Å²) in [5.74, 6) is -2.08. The van der Waals surface area contributed by atoms with Gasteiger partial charge in [-0.2, -0.15) is 0 Å². The Morgan fingerprint density at radius 2 is 1.56 bits per heavy atom. The van der Waals surface area contributed by atoms with Crippen LogP contribution in [0, 0.1) is 11.6 Å². The number of anilines is 4. The summed E-state index contributed by atoms with van der Waals surface area (Å²) in [7, 11) is 0. The van der Waals surface area contributed by atoms with E-state index in [1.807, 2.05) is 0 Å². The van der Waals surface area contributed by atoms with E-state index in [2.05, 4.69) is 10.3 Å². The quantitative estimate of drug-likeness (QED) is 0.250. The molecule has 9 nitrogen and oxygen atoms in total. The summed E-state index contributed by atoms with van der Waals surface area (Å²) in [5.41, 5.74) is 12.7.